The van der Waals surface area contributed by atoms with Crippen LogP contribution >= 0.6 is 11.6 Å². The first-order valence-corrected chi connectivity index (χ1v) is 8.05. The van der Waals surface area contributed by atoms with E-state index in [9.17, 15) is 5.11 Å². The van der Waals surface area contributed by atoms with Crippen LogP contribution in [0.3, 0.4) is 0 Å². The molecule has 0 aromatic heterocycles. The maximum Gasteiger partial charge on any atom is 0.126 e. The zero-order valence-electron chi connectivity index (χ0n) is 13.1. The van der Waals surface area contributed by atoms with Gasteiger partial charge >= 0.3 is 0 Å². The molecule has 0 unspecified atom stereocenters. The molecule has 0 saturated carbocycles. The van der Waals surface area contributed by atoms with Gasteiger partial charge in [-0.05, 0) is 52.4 Å². The second-order valence-electron chi connectivity index (χ2n) is 5.65. The van der Waals surface area contributed by atoms with Crippen LogP contribution in [0.2, 0.25) is 5.02 Å². The molecular formula is C20H19ClO2. The summed E-state index contributed by atoms with van der Waals surface area (Å²) in [5, 5.41) is 11.0. The van der Waals surface area contributed by atoms with Gasteiger partial charge in [0.25, 0.3) is 0 Å². The number of benzene rings is 2. The van der Waals surface area contributed by atoms with Crippen LogP contribution in [0.5, 0.6) is 0 Å². The van der Waals surface area contributed by atoms with Crippen molar-refractivity contribution < 1.29 is 9.84 Å². The topological polar surface area (TPSA) is 29.5 Å². The maximum atomic E-state index is 10.3. The lowest BCUT2D eigenvalue weighted by molar-refractivity contribution is 0.141. The van der Waals surface area contributed by atoms with E-state index >= 15 is 0 Å². The van der Waals surface area contributed by atoms with Crippen molar-refractivity contribution in [2.45, 2.75) is 13.3 Å². The Morgan fingerprint density at radius 1 is 1.09 bits per heavy atom. The fraction of sp³-hybridized carbons (Fsp3) is 0.200. The third-order valence-corrected chi connectivity index (χ3v) is 4.35. The third-order valence-electron chi connectivity index (χ3n) is 4.09. The zero-order valence-corrected chi connectivity index (χ0v) is 13.9. The SMILES string of the molecule is C=C1COCC(O)=C1c1cc(-c2ccc(Cl)cc2)ccc1CC. The smallest absolute Gasteiger partial charge is 0.126 e. The molecule has 0 atom stereocenters. The molecule has 3 rings (SSSR count). The van der Waals surface area contributed by atoms with Crippen molar-refractivity contribution in [2.75, 3.05) is 13.2 Å². The van der Waals surface area contributed by atoms with Crippen LogP contribution < -0.4 is 0 Å². The Kier molecular flexibility index (Phi) is 4.56. The van der Waals surface area contributed by atoms with Gasteiger partial charge in [0, 0.05) is 10.6 Å². The first-order valence-electron chi connectivity index (χ1n) is 7.67. The summed E-state index contributed by atoms with van der Waals surface area (Å²) in [6.45, 7) is 6.85. The molecule has 1 N–H and O–H groups in total. The number of aliphatic hydroxyl groups excluding tert-OH is 1. The summed E-state index contributed by atoms with van der Waals surface area (Å²) in [6.07, 6.45) is 0.890. The van der Waals surface area contributed by atoms with E-state index in [0.29, 0.717) is 6.61 Å². The van der Waals surface area contributed by atoms with Gasteiger partial charge in [0.05, 0.1) is 6.61 Å². The van der Waals surface area contributed by atoms with Crippen molar-refractivity contribution in [2.24, 2.45) is 0 Å². The van der Waals surface area contributed by atoms with E-state index in [4.69, 9.17) is 16.3 Å². The van der Waals surface area contributed by atoms with E-state index in [2.05, 4.69) is 31.7 Å². The van der Waals surface area contributed by atoms with Crippen LogP contribution in [-0.2, 0) is 11.2 Å². The first-order chi connectivity index (χ1) is 11.1. The second kappa shape index (κ2) is 6.61. The van der Waals surface area contributed by atoms with Crippen molar-refractivity contribution in [3.63, 3.8) is 0 Å². The monoisotopic (exact) mass is 326 g/mol. The van der Waals surface area contributed by atoms with Crippen molar-refractivity contribution in [3.8, 4) is 11.1 Å². The maximum absolute atomic E-state index is 10.3. The first kappa shape index (κ1) is 15.9. The lowest BCUT2D eigenvalue weighted by Crippen LogP contribution is -2.13. The van der Waals surface area contributed by atoms with E-state index in [1.165, 1.54) is 5.56 Å². The molecule has 0 fully saturated rings. The molecular weight excluding hydrogens is 308 g/mol. The average Bonchev–Trinajstić information content (AvgIpc) is 2.55. The minimum atomic E-state index is 0.239. The van der Waals surface area contributed by atoms with Gasteiger partial charge in [0.15, 0.2) is 0 Å². The van der Waals surface area contributed by atoms with E-state index in [1.807, 2.05) is 24.3 Å². The van der Waals surface area contributed by atoms with E-state index in [1.54, 1.807) is 0 Å². The zero-order chi connectivity index (χ0) is 16.4. The summed E-state index contributed by atoms with van der Waals surface area (Å²) >= 11 is 5.97. The van der Waals surface area contributed by atoms with E-state index in [0.717, 1.165) is 39.3 Å². The van der Waals surface area contributed by atoms with Gasteiger partial charge in [0.2, 0.25) is 0 Å². The second-order valence-corrected chi connectivity index (χ2v) is 6.09. The van der Waals surface area contributed by atoms with Crippen LogP contribution in [0.1, 0.15) is 18.1 Å². The number of aliphatic hydroxyl groups is 1. The highest BCUT2D eigenvalue weighted by atomic mass is 35.5. The molecule has 118 valence electrons. The van der Waals surface area contributed by atoms with Crippen molar-refractivity contribution in [3.05, 3.63) is 76.5 Å². The third kappa shape index (κ3) is 3.19. The fourth-order valence-corrected chi connectivity index (χ4v) is 3.03. The molecule has 2 aromatic rings. The Labute approximate surface area is 141 Å². The highest BCUT2D eigenvalue weighted by molar-refractivity contribution is 6.30. The molecule has 0 aliphatic carbocycles. The quantitative estimate of drug-likeness (QED) is 0.815. The Bertz CT molecular complexity index is 773. The predicted molar refractivity (Wildman–Crippen MR) is 95.8 cm³/mol. The minimum Gasteiger partial charge on any atom is -0.509 e. The Balaban J connectivity index is 2.14. The molecule has 23 heavy (non-hydrogen) atoms. The number of hydrogen-bond donors (Lipinski definition) is 1. The Morgan fingerprint density at radius 2 is 1.78 bits per heavy atom. The van der Waals surface area contributed by atoms with Gasteiger partial charge < -0.3 is 9.84 Å². The highest BCUT2D eigenvalue weighted by Gasteiger charge is 2.20. The minimum absolute atomic E-state index is 0.239. The number of aryl methyl sites for hydroxylation is 1. The number of ether oxygens (including phenoxy) is 1. The van der Waals surface area contributed by atoms with Gasteiger partial charge in [-0.2, -0.15) is 0 Å². The lowest BCUT2D eigenvalue weighted by Gasteiger charge is -2.22. The number of halogens is 1. The summed E-state index contributed by atoms with van der Waals surface area (Å²) in [4.78, 5) is 0. The molecule has 0 spiro atoms. The number of hydrogen-bond acceptors (Lipinski definition) is 2. The fourth-order valence-electron chi connectivity index (χ4n) is 2.90. The molecule has 1 heterocycles. The van der Waals surface area contributed by atoms with Crippen LogP contribution in [0.15, 0.2) is 60.4 Å². The normalized spacial score (nSPS) is 15.1. The Hall–Kier alpha value is -2.03. The molecule has 2 aromatic carbocycles. The van der Waals surface area contributed by atoms with Crippen molar-refractivity contribution in [1.82, 2.24) is 0 Å². The predicted octanol–water partition coefficient (Wildman–Crippen LogP) is 5.42. The largest absolute Gasteiger partial charge is 0.509 e. The van der Waals surface area contributed by atoms with Gasteiger partial charge in [-0.3, -0.25) is 0 Å². The molecule has 1 aliphatic heterocycles. The highest BCUT2D eigenvalue weighted by Crippen LogP contribution is 2.34. The number of rotatable bonds is 3. The van der Waals surface area contributed by atoms with Gasteiger partial charge in [0.1, 0.15) is 12.4 Å². The molecule has 3 heteroatoms. The lowest BCUT2D eigenvalue weighted by atomic mass is 9.89. The van der Waals surface area contributed by atoms with Crippen molar-refractivity contribution >= 4 is 17.2 Å². The molecule has 2 nitrogen and oxygen atoms in total. The van der Waals surface area contributed by atoms with Crippen LogP contribution in [-0.4, -0.2) is 18.3 Å². The van der Waals surface area contributed by atoms with Crippen LogP contribution in [0, 0.1) is 0 Å². The van der Waals surface area contributed by atoms with E-state index < -0.39 is 0 Å². The van der Waals surface area contributed by atoms with Gasteiger partial charge in [-0.25, -0.2) is 0 Å². The molecule has 0 saturated heterocycles. The standard InChI is InChI=1S/C20H19ClO2/c1-3-14-4-5-16(15-6-8-17(21)9-7-15)10-18(14)20-13(2)11-23-12-19(20)22/h4-10,22H,2-3,11-12H2,1H3. The average molecular weight is 327 g/mol. The molecule has 0 bridgehead atoms. The summed E-state index contributed by atoms with van der Waals surface area (Å²) in [5.74, 6) is 0.254. The molecule has 0 amide bonds. The van der Waals surface area contributed by atoms with E-state index in [-0.39, 0.29) is 12.4 Å². The summed E-state index contributed by atoms with van der Waals surface area (Å²) in [6, 6.07) is 14.1. The molecule has 1 aliphatic rings. The van der Waals surface area contributed by atoms with Gasteiger partial charge in [-0.15, -0.1) is 0 Å². The molecule has 0 radical (unpaired) electrons. The Morgan fingerprint density at radius 3 is 2.43 bits per heavy atom. The van der Waals surface area contributed by atoms with Crippen LogP contribution in [0.4, 0.5) is 0 Å². The summed E-state index contributed by atoms with van der Waals surface area (Å²) < 4.78 is 5.33. The summed E-state index contributed by atoms with van der Waals surface area (Å²) in [5.41, 5.74) is 6.04. The van der Waals surface area contributed by atoms with Crippen molar-refractivity contribution in [1.29, 1.82) is 0 Å². The summed E-state index contributed by atoms with van der Waals surface area (Å²) in [7, 11) is 0. The van der Waals surface area contributed by atoms with Gasteiger partial charge in [-0.1, -0.05) is 49.4 Å². The van der Waals surface area contributed by atoms with Crippen LogP contribution in [0.25, 0.3) is 16.7 Å².